The second-order valence-corrected chi connectivity index (χ2v) is 21.0. The van der Waals surface area contributed by atoms with Crippen molar-refractivity contribution in [3.63, 3.8) is 0 Å². The first kappa shape index (κ1) is 61.7. The Balaban J connectivity index is 4.13. The van der Waals surface area contributed by atoms with Gasteiger partial charge in [0.15, 0.2) is 0 Å². The summed E-state index contributed by atoms with van der Waals surface area (Å²) in [6, 6.07) is -0.906. The van der Waals surface area contributed by atoms with Crippen molar-refractivity contribution in [2.24, 2.45) is 0 Å². The van der Waals surface area contributed by atoms with Crippen LogP contribution in [0.4, 0.5) is 0 Å². The summed E-state index contributed by atoms with van der Waals surface area (Å²) < 4.78 is 23.2. The highest BCUT2D eigenvalue weighted by Crippen LogP contribution is 2.38. The zero-order valence-electron chi connectivity index (χ0n) is 42.3. The lowest BCUT2D eigenvalue weighted by molar-refractivity contribution is -0.870. The van der Waals surface area contributed by atoms with Crippen LogP contribution in [0, 0.1) is 0 Å². The molecule has 0 fully saturated rings. The smallest absolute Gasteiger partial charge is 0.268 e. The normalized spacial score (nSPS) is 14.3. The van der Waals surface area contributed by atoms with Crippen molar-refractivity contribution in [2.45, 2.75) is 264 Å². The number of hydrogen-bond donors (Lipinski definition) is 2. The number of likely N-dealkylation sites (N-methyl/N-ethyl adjacent to an activating group) is 1. The number of quaternary nitrogens is 1. The Morgan fingerprint density at radius 3 is 1.29 bits per heavy atom. The van der Waals surface area contributed by atoms with Crippen molar-refractivity contribution in [1.29, 1.82) is 0 Å². The quantitative estimate of drug-likeness (QED) is 0.0272. The van der Waals surface area contributed by atoms with E-state index in [0.717, 1.165) is 44.9 Å². The molecule has 0 aliphatic rings. The molecule has 3 atom stereocenters. The van der Waals surface area contributed by atoms with Gasteiger partial charge >= 0.3 is 0 Å². The fourth-order valence-corrected chi connectivity index (χ4v) is 8.56. The SMILES string of the molecule is CCCCCCCCCCCCCCCCCCCCCCC/C=C/CC/C=C/CC/C=C/C(O)C(COP(=O)([O-])OCC[N+](C)(C)C)NC(=O)CCCCCCCCCCCC. The van der Waals surface area contributed by atoms with E-state index < -0.39 is 26.6 Å². The first-order chi connectivity index (χ1) is 30.5. The van der Waals surface area contributed by atoms with Gasteiger partial charge in [-0.3, -0.25) is 9.36 Å². The van der Waals surface area contributed by atoms with Crippen LogP contribution < -0.4 is 10.2 Å². The van der Waals surface area contributed by atoms with Gasteiger partial charge in [-0.2, -0.15) is 0 Å². The van der Waals surface area contributed by atoms with Gasteiger partial charge in [-0.1, -0.05) is 237 Å². The van der Waals surface area contributed by atoms with Crippen LogP contribution in [0.2, 0.25) is 0 Å². The van der Waals surface area contributed by atoms with Crippen molar-refractivity contribution < 1.29 is 32.9 Å². The minimum Gasteiger partial charge on any atom is -0.756 e. The topological polar surface area (TPSA) is 108 Å². The van der Waals surface area contributed by atoms with Gasteiger partial charge in [0.1, 0.15) is 13.2 Å². The monoisotopic (exact) mass is 909 g/mol. The molecule has 0 saturated heterocycles. The van der Waals surface area contributed by atoms with E-state index in [4.69, 9.17) is 9.05 Å². The minimum atomic E-state index is -4.60. The van der Waals surface area contributed by atoms with Crippen LogP contribution in [-0.4, -0.2) is 68.5 Å². The molecular weight excluding hydrogens is 804 g/mol. The van der Waals surface area contributed by atoms with Gasteiger partial charge in [-0.05, 0) is 44.9 Å². The summed E-state index contributed by atoms with van der Waals surface area (Å²) in [5, 5.41) is 13.8. The molecule has 372 valence electrons. The summed E-state index contributed by atoms with van der Waals surface area (Å²) >= 11 is 0. The molecule has 0 aromatic heterocycles. The number of nitrogens with one attached hydrogen (secondary N) is 1. The fraction of sp³-hybridized carbons (Fsp3) is 0.870. The Kier molecular flexibility index (Phi) is 44.9. The van der Waals surface area contributed by atoms with Gasteiger partial charge < -0.3 is 28.8 Å². The summed E-state index contributed by atoms with van der Waals surface area (Å²) in [5.41, 5.74) is 0. The van der Waals surface area contributed by atoms with E-state index in [9.17, 15) is 19.4 Å². The molecule has 1 amide bonds. The van der Waals surface area contributed by atoms with Crippen molar-refractivity contribution in [2.75, 3.05) is 40.9 Å². The average Bonchev–Trinajstić information content (AvgIpc) is 3.24. The lowest BCUT2D eigenvalue weighted by atomic mass is 10.0. The number of aliphatic hydroxyl groups excluding tert-OH is 1. The van der Waals surface area contributed by atoms with Crippen molar-refractivity contribution in [3.05, 3.63) is 36.5 Å². The summed E-state index contributed by atoms with van der Waals surface area (Å²) in [5.74, 6) is -0.213. The Morgan fingerprint density at radius 1 is 0.540 bits per heavy atom. The van der Waals surface area contributed by atoms with E-state index in [1.54, 1.807) is 6.08 Å². The minimum absolute atomic E-state index is 0.00795. The highest BCUT2D eigenvalue weighted by atomic mass is 31.2. The number of unbranched alkanes of at least 4 members (excludes halogenated alkanes) is 32. The Labute approximate surface area is 391 Å². The number of carbonyl (C=O) groups is 1. The Bertz CT molecular complexity index is 1120. The van der Waals surface area contributed by atoms with E-state index in [-0.39, 0.29) is 12.5 Å². The molecule has 0 aromatic rings. The second kappa shape index (κ2) is 45.9. The van der Waals surface area contributed by atoms with E-state index in [1.165, 1.54) is 186 Å². The number of phosphoric ester groups is 1. The molecule has 0 bridgehead atoms. The lowest BCUT2D eigenvalue weighted by Gasteiger charge is -2.29. The van der Waals surface area contributed by atoms with Gasteiger partial charge in [-0.15, -0.1) is 0 Å². The molecule has 9 heteroatoms. The van der Waals surface area contributed by atoms with Crippen molar-refractivity contribution >= 4 is 13.7 Å². The number of nitrogens with zero attached hydrogens (tertiary/aromatic N) is 1. The van der Waals surface area contributed by atoms with E-state index in [0.29, 0.717) is 17.4 Å². The van der Waals surface area contributed by atoms with E-state index in [2.05, 4.69) is 43.5 Å². The third-order valence-corrected chi connectivity index (χ3v) is 13.0. The third-order valence-electron chi connectivity index (χ3n) is 12.1. The summed E-state index contributed by atoms with van der Waals surface area (Å²) in [6.45, 7) is 4.62. The molecule has 8 nitrogen and oxygen atoms in total. The van der Waals surface area contributed by atoms with Crippen LogP contribution in [0.5, 0.6) is 0 Å². The number of allylic oxidation sites excluding steroid dienone is 5. The maximum absolute atomic E-state index is 12.8. The van der Waals surface area contributed by atoms with Gasteiger partial charge in [-0.25, -0.2) is 0 Å². The van der Waals surface area contributed by atoms with Crippen LogP contribution in [0.25, 0.3) is 0 Å². The lowest BCUT2D eigenvalue weighted by Crippen LogP contribution is -2.45. The van der Waals surface area contributed by atoms with Gasteiger partial charge in [0, 0.05) is 6.42 Å². The summed E-state index contributed by atoms with van der Waals surface area (Å²) in [7, 11) is 1.24. The first-order valence-electron chi connectivity index (χ1n) is 26.9. The molecule has 0 spiro atoms. The predicted molar refractivity (Wildman–Crippen MR) is 270 cm³/mol. The highest BCUT2D eigenvalue weighted by molar-refractivity contribution is 7.45. The molecule has 0 radical (unpaired) electrons. The molecule has 0 aliphatic heterocycles. The maximum Gasteiger partial charge on any atom is 0.268 e. The summed E-state index contributed by atoms with van der Waals surface area (Å²) in [6.07, 6.45) is 58.2. The highest BCUT2D eigenvalue weighted by Gasteiger charge is 2.23. The second-order valence-electron chi connectivity index (χ2n) is 19.6. The average molecular weight is 909 g/mol. The Morgan fingerprint density at radius 2 is 0.889 bits per heavy atom. The molecule has 63 heavy (non-hydrogen) atoms. The number of phosphoric acid groups is 1. The number of carbonyl (C=O) groups excluding carboxylic acids is 1. The van der Waals surface area contributed by atoms with Crippen LogP contribution in [0.3, 0.4) is 0 Å². The molecule has 0 aromatic carbocycles. The van der Waals surface area contributed by atoms with Crippen LogP contribution in [0.15, 0.2) is 36.5 Å². The van der Waals surface area contributed by atoms with Gasteiger partial charge in [0.25, 0.3) is 7.82 Å². The zero-order valence-corrected chi connectivity index (χ0v) is 43.2. The fourth-order valence-electron chi connectivity index (χ4n) is 7.83. The zero-order chi connectivity index (χ0) is 46.4. The third kappa shape index (κ3) is 48.5. The molecule has 2 N–H and O–H groups in total. The van der Waals surface area contributed by atoms with Gasteiger partial charge in [0.2, 0.25) is 5.91 Å². The van der Waals surface area contributed by atoms with E-state index >= 15 is 0 Å². The molecule has 3 unspecified atom stereocenters. The molecule has 0 rings (SSSR count). The largest absolute Gasteiger partial charge is 0.756 e. The van der Waals surface area contributed by atoms with E-state index in [1.807, 2.05) is 27.2 Å². The van der Waals surface area contributed by atoms with Gasteiger partial charge in [0.05, 0.1) is 39.9 Å². The molecule has 0 saturated carbocycles. The number of aliphatic hydroxyl groups is 1. The van der Waals surface area contributed by atoms with Crippen LogP contribution in [0.1, 0.15) is 251 Å². The van der Waals surface area contributed by atoms with Crippen molar-refractivity contribution in [3.8, 4) is 0 Å². The van der Waals surface area contributed by atoms with Crippen molar-refractivity contribution in [1.82, 2.24) is 5.32 Å². The van der Waals surface area contributed by atoms with Crippen LogP contribution in [-0.2, 0) is 18.4 Å². The molecular formula is C54H105N2O6P. The molecule has 0 heterocycles. The number of amides is 1. The predicted octanol–water partition coefficient (Wildman–Crippen LogP) is 15.2. The standard InChI is InChI=1S/C54H105N2O6P/c1-6-8-10-12-14-16-18-19-20-21-22-23-24-25-26-27-28-29-30-31-32-33-34-35-36-37-38-39-41-43-45-47-53(57)52(51-62-63(59,60)61-50-49-56(3,4)5)55-54(58)48-46-44-42-40-17-15-13-11-9-7-2/h34-35,38-39,45,47,52-53,57H,6-33,36-37,40-44,46,48-51H2,1-5H3,(H-,55,58,59,60)/b35-34+,39-38+,47-45+. The molecule has 0 aliphatic carbocycles. The maximum atomic E-state index is 12.8. The summed E-state index contributed by atoms with van der Waals surface area (Å²) in [4.78, 5) is 25.3. The first-order valence-corrected chi connectivity index (χ1v) is 28.3. The Hall–Kier alpha value is -1.28. The van der Waals surface area contributed by atoms with Crippen LogP contribution >= 0.6 is 7.82 Å². The number of hydrogen-bond acceptors (Lipinski definition) is 6. The number of rotatable bonds is 49.